The van der Waals surface area contributed by atoms with Crippen LogP contribution in [-0.4, -0.2) is 110 Å². The maximum Gasteiger partial charge on any atom is 0.318 e. The molecule has 1 aliphatic heterocycles. The predicted molar refractivity (Wildman–Crippen MR) is 119 cm³/mol. The first-order chi connectivity index (χ1) is 15.8. The van der Waals surface area contributed by atoms with Crippen molar-refractivity contribution in [3.05, 3.63) is 0 Å². The zero-order chi connectivity index (χ0) is 26.2. The van der Waals surface area contributed by atoms with Crippen LogP contribution >= 0.6 is 11.8 Å². The number of aliphatic hydroxyl groups is 3. The van der Waals surface area contributed by atoms with Crippen molar-refractivity contribution in [2.24, 2.45) is 11.5 Å². The summed E-state index contributed by atoms with van der Waals surface area (Å²) in [5, 5.41) is 47.5. The number of nitrogens with two attached hydrogens (primary N) is 2. The number of rotatable bonds is 5. The molecule has 1 aliphatic rings. The van der Waals surface area contributed by atoms with Crippen molar-refractivity contribution in [2.45, 2.75) is 68.1 Å². The number of hydrogen-bond acceptors (Lipinski definition) is 11. The fraction of sp³-hybridized carbons (Fsp3) is 0.722. The van der Waals surface area contributed by atoms with Crippen molar-refractivity contribution in [1.29, 1.82) is 0 Å². The number of aliphatic carboxylic acids is 1. The first kappa shape index (κ1) is 29.5. The third-order valence-electron chi connectivity index (χ3n) is 4.94. The van der Waals surface area contributed by atoms with Gasteiger partial charge < -0.3 is 47.8 Å². The lowest BCUT2D eigenvalue weighted by atomic mass is 10.1. The topological polar surface area (TPSA) is 266 Å². The van der Waals surface area contributed by atoms with E-state index in [1.54, 1.807) is 0 Å². The highest BCUT2D eigenvalue weighted by Crippen LogP contribution is 2.19. The summed E-state index contributed by atoms with van der Waals surface area (Å²) in [5.74, 6) is -5.30. The lowest BCUT2D eigenvalue weighted by molar-refractivity contribution is -0.138. The zero-order valence-electron chi connectivity index (χ0n) is 18.6. The number of carbonyl (C=O) groups is 5. The number of hydrogen-bond donors (Lipinski definition) is 10. The fourth-order valence-corrected chi connectivity index (χ4v) is 4.19. The molecular formula is C18H32N6O9S. The smallest absolute Gasteiger partial charge is 0.318 e. The highest BCUT2D eigenvalue weighted by atomic mass is 32.2. The van der Waals surface area contributed by atoms with Crippen molar-refractivity contribution in [3.63, 3.8) is 0 Å². The monoisotopic (exact) mass is 508 g/mol. The quantitative estimate of drug-likeness (QED) is 0.167. The molecule has 34 heavy (non-hydrogen) atoms. The van der Waals surface area contributed by atoms with Gasteiger partial charge in [0, 0.05) is 5.75 Å². The summed E-state index contributed by atoms with van der Waals surface area (Å²) in [6.07, 6.45) is -3.59. The molecule has 0 aliphatic carbocycles. The number of aliphatic hydroxyl groups excluding tert-OH is 3. The number of carboxylic acid groups (broad SMARTS) is 1. The van der Waals surface area contributed by atoms with Gasteiger partial charge in [-0.2, -0.15) is 0 Å². The first-order valence-corrected chi connectivity index (χ1v) is 11.4. The van der Waals surface area contributed by atoms with Crippen molar-refractivity contribution < 1.29 is 44.4 Å². The van der Waals surface area contributed by atoms with Crippen molar-refractivity contribution in [1.82, 2.24) is 21.3 Å². The number of carboxylic acids is 1. The Morgan fingerprint density at radius 1 is 1.12 bits per heavy atom. The highest BCUT2D eigenvalue weighted by Gasteiger charge is 2.37. The van der Waals surface area contributed by atoms with Crippen LogP contribution in [0.5, 0.6) is 0 Å². The second kappa shape index (κ2) is 13.4. The second-order valence-electron chi connectivity index (χ2n) is 7.85. The summed E-state index contributed by atoms with van der Waals surface area (Å²) in [6, 6.07) is -6.65. The van der Waals surface area contributed by atoms with Gasteiger partial charge in [0.05, 0.1) is 43.3 Å². The largest absolute Gasteiger partial charge is 0.480 e. The Morgan fingerprint density at radius 3 is 2.21 bits per heavy atom. The molecule has 194 valence electrons. The van der Waals surface area contributed by atoms with Crippen molar-refractivity contribution in [3.8, 4) is 0 Å². The van der Waals surface area contributed by atoms with Crippen LogP contribution in [-0.2, 0) is 24.0 Å². The van der Waals surface area contributed by atoms with Crippen LogP contribution in [0.3, 0.4) is 0 Å². The van der Waals surface area contributed by atoms with Crippen LogP contribution in [0.2, 0.25) is 0 Å². The summed E-state index contributed by atoms with van der Waals surface area (Å²) in [6.45, 7) is 1.78. The maximum absolute atomic E-state index is 12.8. The summed E-state index contributed by atoms with van der Waals surface area (Å²) >= 11 is 0.657. The Balaban J connectivity index is 3.36. The molecule has 1 saturated heterocycles. The molecule has 0 radical (unpaired) electrons. The van der Waals surface area contributed by atoms with Gasteiger partial charge in [0.25, 0.3) is 0 Å². The molecular weight excluding hydrogens is 476 g/mol. The Bertz CT molecular complexity index is 770. The van der Waals surface area contributed by atoms with Crippen molar-refractivity contribution >= 4 is 41.4 Å². The molecule has 0 spiro atoms. The van der Waals surface area contributed by atoms with Gasteiger partial charge >= 0.3 is 5.97 Å². The van der Waals surface area contributed by atoms with Crippen LogP contribution in [0.25, 0.3) is 0 Å². The van der Waals surface area contributed by atoms with E-state index in [1.807, 2.05) is 0 Å². The lowest BCUT2D eigenvalue weighted by Gasteiger charge is -2.31. The van der Waals surface area contributed by atoms with Gasteiger partial charge in [0.1, 0.15) is 17.5 Å². The van der Waals surface area contributed by atoms with E-state index in [9.17, 15) is 44.4 Å². The predicted octanol–water partition coefficient (Wildman–Crippen LogP) is -5.49. The van der Waals surface area contributed by atoms with Gasteiger partial charge in [-0.15, -0.1) is 11.8 Å². The van der Waals surface area contributed by atoms with Gasteiger partial charge in [0.2, 0.25) is 23.6 Å². The standard InChI is InChI=1S/C18H32N6O9S/c1-6-14(28)22-9(3-11(20)27)16(30)24-12(7(2)26)13(18(32)33)34-5-8(19)15(29)23-10(4-25)17(31)21-6/h6-10,12-14,22,25-26,28H,3-5,19H2,1-2H3,(H2,20,27)(H,21,31)(H,23,29)(H,24,30)(H,32,33)/t6?,7-,8+,9?,10?,12+,13?,14?/m1/s1. The average Bonchev–Trinajstić information content (AvgIpc) is 2.74. The molecule has 0 bridgehead atoms. The van der Waals surface area contributed by atoms with Gasteiger partial charge in [-0.1, -0.05) is 0 Å². The van der Waals surface area contributed by atoms with Crippen LogP contribution in [0.15, 0.2) is 0 Å². The molecule has 1 fully saturated rings. The van der Waals surface area contributed by atoms with E-state index in [0.29, 0.717) is 11.8 Å². The van der Waals surface area contributed by atoms with Gasteiger partial charge in [0.15, 0.2) is 0 Å². The van der Waals surface area contributed by atoms with Crippen LogP contribution in [0.4, 0.5) is 0 Å². The minimum absolute atomic E-state index is 0.278. The van der Waals surface area contributed by atoms with E-state index in [1.165, 1.54) is 13.8 Å². The Labute approximate surface area is 199 Å². The summed E-state index contributed by atoms with van der Waals surface area (Å²) in [5.41, 5.74) is 11.0. The second-order valence-corrected chi connectivity index (χ2v) is 9.02. The molecule has 15 nitrogen and oxygen atoms in total. The fourth-order valence-electron chi connectivity index (χ4n) is 2.98. The Kier molecular flexibility index (Phi) is 11.6. The third-order valence-corrected chi connectivity index (χ3v) is 6.35. The number of carbonyl (C=O) groups excluding carboxylic acids is 4. The lowest BCUT2D eigenvalue weighted by Crippen LogP contribution is -2.62. The average molecular weight is 509 g/mol. The molecule has 1 rings (SSSR count). The molecule has 5 unspecified atom stereocenters. The third kappa shape index (κ3) is 8.69. The molecule has 16 heteroatoms. The van der Waals surface area contributed by atoms with E-state index in [2.05, 4.69) is 21.3 Å². The molecule has 0 aromatic carbocycles. The van der Waals surface area contributed by atoms with Gasteiger partial charge in [-0.05, 0) is 13.8 Å². The van der Waals surface area contributed by atoms with Gasteiger partial charge in [-0.25, -0.2) is 0 Å². The van der Waals surface area contributed by atoms with E-state index in [-0.39, 0.29) is 5.75 Å². The van der Waals surface area contributed by atoms with E-state index in [0.717, 1.165) is 0 Å². The van der Waals surface area contributed by atoms with Crippen LogP contribution < -0.4 is 32.7 Å². The molecule has 8 atom stereocenters. The Morgan fingerprint density at radius 2 is 1.71 bits per heavy atom. The number of amides is 4. The summed E-state index contributed by atoms with van der Waals surface area (Å²) < 4.78 is 0. The summed E-state index contributed by atoms with van der Waals surface area (Å²) in [7, 11) is 0. The maximum atomic E-state index is 12.8. The zero-order valence-corrected chi connectivity index (χ0v) is 19.4. The summed E-state index contributed by atoms with van der Waals surface area (Å²) in [4.78, 5) is 60.9. The van der Waals surface area contributed by atoms with E-state index >= 15 is 0 Å². The minimum Gasteiger partial charge on any atom is -0.480 e. The highest BCUT2D eigenvalue weighted by molar-refractivity contribution is 8.00. The molecule has 4 amide bonds. The minimum atomic E-state index is -1.61. The molecule has 0 saturated carbocycles. The SMILES string of the molecule is CC1NC(=O)C(CO)NC(=O)[C@@H](N)CSC(C(=O)O)[C@H]([C@@H](C)O)NC(=O)C(CC(N)=O)NC1O. The molecule has 0 aromatic heterocycles. The normalized spacial score (nSPS) is 33.2. The Hall–Kier alpha value is -2.50. The van der Waals surface area contributed by atoms with Crippen molar-refractivity contribution in [2.75, 3.05) is 12.4 Å². The van der Waals surface area contributed by atoms with E-state index in [4.69, 9.17) is 11.5 Å². The number of nitrogens with one attached hydrogen (secondary N) is 4. The molecule has 0 aromatic rings. The van der Waals surface area contributed by atoms with Gasteiger partial charge in [-0.3, -0.25) is 29.3 Å². The van der Waals surface area contributed by atoms with Crippen LogP contribution in [0.1, 0.15) is 20.3 Å². The molecule has 12 N–H and O–H groups in total. The molecule has 1 heterocycles. The number of primary amides is 1. The van der Waals surface area contributed by atoms with Crippen LogP contribution in [0, 0.1) is 0 Å². The number of thioether (sulfide) groups is 1. The first-order valence-electron chi connectivity index (χ1n) is 10.3. The van der Waals surface area contributed by atoms with E-state index < -0.39 is 90.4 Å².